The molecule has 1 aromatic rings. The fourth-order valence-electron chi connectivity index (χ4n) is 1.73. The number of nitrogens with two attached hydrogens (primary N) is 1. The molecule has 0 fully saturated rings. The first-order valence-corrected chi connectivity index (χ1v) is 6.23. The van der Waals surface area contributed by atoms with E-state index < -0.39 is 5.97 Å². The zero-order valence-electron chi connectivity index (χ0n) is 11.9. The number of ether oxygens (including phenoxy) is 1. The molecule has 0 aliphatic rings. The third-order valence-electron chi connectivity index (χ3n) is 2.87. The van der Waals surface area contributed by atoms with Crippen LogP contribution < -0.4 is 5.73 Å². The number of carbonyl (C=O) groups excluding carboxylic acids is 1. The van der Waals surface area contributed by atoms with Gasteiger partial charge in [0.2, 0.25) is 0 Å². The Kier molecular flexibility index (Phi) is 4.38. The molecule has 1 rings (SSSR count). The molecule has 0 amide bonds. The normalized spacial score (nSPS) is 11.6. The summed E-state index contributed by atoms with van der Waals surface area (Å²) in [5.41, 5.74) is 6.43. The molecule has 0 radical (unpaired) electrons. The van der Waals surface area contributed by atoms with Crippen LogP contribution in [0, 0.1) is 5.41 Å². The quantitative estimate of drug-likeness (QED) is 0.835. The number of rotatable bonds is 4. The van der Waals surface area contributed by atoms with Crippen molar-refractivity contribution in [1.29, 1.82) is 0 Å². The van der Waals surface area contributed by atoms with Gasteiger partial charge in [0.25, 0.3) is 0 Å². The summed E-state index contributed by atoms with van der Waals surface area (Å²) in [7, 11) is 1.33. The largest absolute Gasteiger partial charge is 0.464 e. The summed E-state index contributed by atoms with van der Waals surface area (Å²) >= 11 is 0. The summed E-state index contributed by atoms with van der Waals surface area (Å²) in [6.07, 6.45) is 1.71. The minimum absolute atomic E-state index is 0.215. The molecule has 0 saturated heterocycles. The second-order valence-electron chi connectivity index (χ2n) is 5.57. The van der Waals surface area contributed by atoms with E-state index in [1.165, 1.54) is 7.11 Å². The van der Waals surface area contributed by atoms with Gasteiger partial charge in [-0.25, -0.2) is 9.78 Å². The standard InChI is InChI=1S/C13H23N3O2/c1-6-9-15-10(12(17)18-5)11(14)16(9)8-7-13(2,3)4/h6-8,14H2,1-5H3. The summed E-state index contributed by atoms with van der Waals surface area (Å²) < 4.78 is 6.59. The maximum absolute atomic E-state index is 11.5. The highest BCUT2D eigenvalue weighted by molar-refractivity contribution is 5.92. The van der Waals surface area contributed by atoms with Crippen molar-refractivity contribution in [3.63, 3.8) is 0 Å². The molecular formula is C13H23N3O2. The van der Waals surface area contributed by atoms with Gasteiger partial charge < -0.3 is 15.0 Å². The van der Waals surface area contributed by atoms with Crippen molar-refractivity contribution < 1.29 is 9.53 Å². The van der Waals surface area contributed by atoms with Crippen molar-refractivity contribution >= 4 is 11.8 Å². The predicted molar refractivity (Wildman–Crippen MR) is 71.4 cm³/mol. The SMILES string of the molecule is CCc1nc(C(=O)OC)c(N)n1CCC(C)(C)C. The van der Waals surface area contributed by atoms with Crippen molar-refractivity contribution in [3.05, 3.63) is 11.5 Å². The Balaban J connectivity index is 3.03. The topological polar surface area (TPSA) is 70.1 Å². The third-order valence-corrected chi connectivity index (χ3v) is 2.87. The maximum Gasteiger partial charge on any atom is 0.360 e. The summed E-state index contributed by atoms with van der Waals surface area (Å²) in [5.74, 6) is 0.761. The smallest absolute Gasteiger partial charge is 0.360 e. The van der Waals surface area contributed by atoms with Crippen LogP contribution in [0.4, 0.5) is 5.82 Å². The number of aryl methyl sites for hydroxylation is 1. The van der Waals surface area contributed by atoms with Gasteiger partial charge in [-0.1, -0.05) is 27.7 Å². The first-order chi connectivity index (χ1) is 8.30. The minimum Gasteiger partial charge on any atom is -0.464 e. The molecule has 0 atom stereocenters. The summed E-state index contributed by atoms with van der Waals surface area (Å²) in [5, 5.41) is 0. The van der Waals surface area contributed by atoms with E-state index in [0.717, 1.165) is 25.2 Å². The fraction of sp³-hybridized carbons (Fsp3) is 0.692. The number of anilines is 1. The molecule has 0 saturated carbocycles. The lowest BCUT2D eigenvalue weighted by molar-refractivity contribution is 0.0595. The average molecular weight is 253 g/mol. The van der Waals surface area contributed by atoms with Crippen LogP contribution in [-0.4, -0.2) is 22.6 Å². The molecule has 102 valence electrons. The molecule has 2 N–H and O–H groups in total. The van der Waals surface area contributed by atoms with E-state index >= 15 is 0 Å². The van der Waals surface area contributed by atoms with Gasteiger partial charge in [-0.3, -0.25) is 0 Å². The number of hydrogen-bond acceptors (Lipinski definition) is 4. The van der Waals surface area contributed by atoms with Crippen LogP contribution in [0.15, 0.2) is 0 Å². The number of imidazole rings is 1. The molecule has 0 bridgehead atoms. The van der Waals surface area contributed by atoms with Crippen LogP contribution in [-0.2, 0) is 17.7 Å². The highest BCUT2D eigenvalue weighted by Crippen LogP contribution is 2.23. The van der Waals surface area contributed by atoms with E-state index in [2.05, 4.69) is 30.5 Å². The minimum atomic E-state index is -0.475. The summed E-state index contributed by atoms with van der Waals surface area (Å²) in [6.45, 7) is 9.28. The molecule has 0 aliphatic carbocycles. The predicted octanol–water partition coefficient (Wildman–Crippen LogP) is 2.25. The van der Waals surface area contributed by atoms with Gasteiger partial charge >= 0.3 is 5.97 Å². The van der Waals surface area contributed by atoms with E-state index in [-0.39, 0.29) is 11.1 Å². The average Bonchev–Trinajstić information content (AvgIpc) is 2.61. The van der Waals surface area contributed by atoms with Crippen LogP contribution in [0.25, 0.3) is 0 Å². The van der Waals surface area contributed by atoms with Gasteiger partial charge in [0, 0.05) is 13.0 Å². The van der Waals surface area contributed by atoms with Crippen molar-refractivity contribution in [3.8, 4) is 0 Å². The van der Waals surface area contributed by atoms with E-state index in [0.29, 0.717) is 5.82 Å². The third kappa shape index (κ3) is 3.24. The van der Waals surface area contributed by atoms with E-state index in [9.17, 15) is 4.79 Å². The molecule has 0 unspecified atom stereocenters. The highest BCUT2D eigenvalue weighted by Gasteiger charge is 2.21. The van der Waals surface area contributed by atoms with Crippen molar-refractivity contribution in [2.45, 2.75) is 47.1 Å². The van der Waals surface area contributed by atoms with Gasteiger partial charge in [-0.2, -0.15) is 0 Å². The van der Waals surface area contributed by atoms with Gasteiger partial charge in [0.05, 0.1) is 7.11 Å². The molecule has 5 nitrogen and oxygen atoms in total. The molecule has 0 spiro atoms. The number of hydrogen-bond donors (Lipinski definition) is 1. The lowest BCUT2D eigenvalue weighted by atomic mass is 9.92. The molecule has 1 aromatic heterocycles. The molecule has 18 heavy (non-hydrogen) atoms. The fourth-order valence-corrected chi connectivity index (χ4v) is 1.73. The first-order valence-electron chi connectivity index (χ1n) is 6.23. The maximum atomic E-state index is 11.5. The van der Waals surface area contributed by atoms with Gasteiger partial charge in [0.1, 0.15) is 11.6 Å². The lowest BCUT2D eigenvalue weighted by Gasteiger charge is -2.19. The molecule has 5 heteroatoms. The van der Waals surface area contributed by atoms with Crippen molar-refractivity contribution in [1.82, 2.24) is 9.55 Å². The Hall–Kier alpha value is -1.52. The van der Waals surface area contributed by atoms with Crippen LogP contribution in [0.5, 0.6) is 0 Å². The van der Waals surface area contributed by atoms with Crippen LogP contribution in [0.1, 0.15) is 50.4 Å². The highest BCUT2D eigenvalue weighted by atomic mass is 16.5. The van der Waals surface area contributed by atoms with E-state index in [1.807, 2.05) is 11.5 Å². The Bertz CT molecular complexity index is 430. The Morgan fingerprint density at radius 2 is 2.06 bits per heavy atom. The Morgan fingerprint density at radius 3 is 2.50 bits per heavy atom. The zero-order valence-corrected chi connectivity index (χ0v) is 11.9. The Morgan fingerprint density at radius 1 is 1.44 bits per heavy atom. The molecule has 0 aromatic carbocycles. The number of methoxy groups -OCH3 is 1. The molecule has 0 aliphatic heterocycles. The van der Waals surface area contributed by atoms with E-state index in [1.54, 1.807) is 0 Å². The zero-order chi connectivity index (χ0) is 13.9. The van der Waals surface area contributed by atoms with E-state index in [4.69, 9.17) is 5.73 Å². The number of esters is 1. The summed E-state index contributed by atoms with van der Waals surface area (Å²) in [4.78, 5) is 15.8. The van der Waals surface area contributed by atoms with Gasteiger partial charge in [-0.05, 0) is 11.8 Å². The number of carbonyl (C=O) groups is 1. The monoisotopic (exact) mass is 253 g/mol. The summed E-state index contributed by atoms with van der Waals surface area (Å²) in [6, 6.07) is 0. The van der Waals surface area contributed by atoms with Crippen LogP contribution in [0.2, 0.25) is 0 Å². The van der Waals surface area contributed by atoms with Crippen molar-refractivity contribution in [2.24, 2.45) is 5.41 Å². The van der Waals surface area contributed by atoms with Gasteiger partial charge in [-0.15, -0.1) is 0 Å². The number of aromatic nitrogens is 2. The second-order valence-corrected chi connectivity index (χ2v) is 5.57. The lowest BCUT2D eigenvalue weighted by Crippen LogP contribution is -2.14. The number of nitrogen functional groups attached to an aromatic ring is 1. The van der Waals surface area contributed by atoms with Crippen LogP contribution in [0.3, 0.4) is 0 Å². The first kappa shape index (κ1) is 14.5. The number of nitrogens with zero attached hydrogens (tertiary/aromatic N) is 2. The second kappa shape index (κ2) is 5.42. The van der Waals surface area contributed by atoms with Gasteiger partial charge in [0.15, 0.2) is 5.69 Å². The molecular weight excluding hydrogens is 230 g/mol. The van der Waals surface area contributed by atoms with Crippen LogP contribution >= 0.6 is 0 Å². The molecule has 1 heterocycles. The van der Waals surface area contributed by atoms with Crippen molar-refractivity contribution in [2.75, 3.05) is 12.8 Å². The Labute approximate surface area is 108 Å².